The van der Waals surface area contributed by atoms with E-state index in [1.54, 1.807) is 0 Å². The summed E-state index contributed by atoms with van der Waals surface area (Å²) in [6.45, 7) is 2.16. The Morgan fingerprint density at radius 2 is 2.16 bits per heavy atom. The first kappa shape index (κ1) is 13.8. The number of anilines is 1. The van der Waals surface area contributed by atoms with Crippen molar-refractivity contribution < 1.29 is 9.18 Å². The summed E-state index contributed by atoms with van der Waals surface area (Å²) in [5.74, 6) is -0.0896. The van der Waals surface area contributed by atoms with Crippen LogP contribution in [0.15, 0.2) is 18.2 Å². The van der Waals surface area contributed by atoms with Crippen molar-refractivity contribution in [3.63, 3.8) is 0 Å². The van der Waals surface area contributed by atoms with E-state index < -0.39 is 5.82 Å². The van der Waals surface area contributed by atoms with Crippen molar-refractivity contribution in [1.29, 1.82) is 0 Å². The van der Waals surface area contributed by atoms with Crippen LogP contribution in [0.2, 0.25) is 0 Å². The third-order valence-electron chi connectivity index (χ3n) is 4.01. The molecule has 0 saturated heterocycles. The third kappa shape index (κ3) is 3.25. The minimum absolute atomic E-state index is 0.0170. The van der Waals surface area contributed by atoms with Gasteiger partial charge in [-0.2, -0.15) is 0 Å². The number of nitrogens with two attached hydrogens (primary N) is 1. The number of nitrogens with one attached hydrogen (secondary N) is 1. The maximum absolute atomic E-state index is 13.1. The molecule has 0 bridgehead atoms. The van der Waals surface area contributed by atoms with Crippen molar-refractivity contribution in [1.82, 2.24) is 5.32 Å². The normalized spacial score (nSPS) is 23.1. The molecule has 0 radical (unpaired) electrons. The smallest absolute Gasteiger partial charge is 0.251 e. The molecule has 1 aromatic rings. The van der Waals surface area contributed by atoms with Crippen molar-refractivity contribution >= 4 is 11.6 Å². The Morgan fingerprint density at radius 1 is 1.42 bits per heavy atom. The molecule has 0 aromatic heterocycles. The lowest BCUT2D eigenvalue weighted by molar-refractivity contribution is 0.0904. The molecule has 0 spiro atoms. The van der Waals surface area contributed by atoms with E-state index in [1.807, 2.05) is 0 Å². The van der Waals surface area contributed by atoms with Crippen LogP contribution in [0.1, 0.15) is 49.4 Å². The zero-order valence-corrected chi connectivity index (χ0v) is 11.3. The second-order valence-corrected chi connectivity index (χ2v) is 5.27. The lowest BCUT2D eigenvalue weighted by Crippen LogP contribution is -2.41. The van der Waals surface area contributed by atoms with Gasteiger partial charge in [0.15, 0.2) is 0 Å². The second-order valence-electron chi connectivity index (χ2n) is 5.27. The van der Waals surface area contributed by atoms with Gasteiger partial charge in [-0.3, -0.25) is 4.79 Å². The summed E-state index contributed by atoms with van der Waals surface area (Å²) in [6.07, 6.45) is 5.69. The van der Waals surface area contributed by atoms with Crippen molar-refractivity contribution in [3.05, 3.63) is 29.6 Å². The fraction of sp³-hybridized carbons (Fsp3) is 0.533. The lowest BCUT2D eigenvalue weighted by Gasteiger charge is -2.31. The number of carbonyl (C=O) groups is 1. The minimum atomic E-state index is -0.486. The number of rotatable bonds is 3. The van der Waals surface area contributed by atoms with Gasteiger partial charge in [0.2, 0.25) is 0 Å². The highest BCUT2D eigenvalue weighted by atomic mass is 19.1. The number of hydrogen-bond donors (Lipinski definition) is 2. The molecule has 3 nitrogen and oxygen atoms in total. The number of carbonyl (C=O) groups excluding carboxylic acids is 1. The fourth-order valence-corrected chi connectivity index (χ4v) is 2.82. The summed E-state index contributed by atoms with van der Waals surface area (Å²) in [5.41, 5.74) is 5.94. The van der Waals surface area contributed by atoms with Gasteiger partial charge in [-0.1, -0.05) is 26.2 Å². The van der Waals surface area contributed by atoms with Gasteiger partial charge < -0.3 is 11.1 Å². The van der Waals surface area contributed by atoms with Gasteiger partial charge in [-0.25, -0.2) is 4.39 Å². The number of benzene rings is 1. The molecule has 1 fully saturated rings. The molecule has 2 rings (SSSR count). The number of halogens is 1. The van der Waals surface area contributed by atoms with Gasteiger partial charge in [-0.05, 0) is 37.0 Å². The van der Waals surface area contributed by atoms with Crippen molar-refractivity contribution in [3.8, 4) is 0 Å². The van der Waals surface area contributed by atoms with Crippen molar-refractivity contribution in [2.24, 2.45) is 5.92 Å². The van der Waals surface area contributed by atoms with Crippen LogP contribution in [0, 0.1) is 11.7 Å². The summed E-state index contributed by atoms with van der Waals surface area (Å²) in [6, 6.07) is 4.35. The van der Waals surface area contributed by atoms with Gasteiger partial charge >= 0.3 is 0 Å². The Bertz CT molecular complexity index is 461. The fourth-order valence-electron chi connectivity index (χ4n) is 2.82. The standard InChI is InChI=1S/C15H21FN2O/c1-2-10-5-3-4-6-14(10)18-15(19)11-7-8-12(16)13(17)9-11/h7-10,14H,2-6,17H2,1H3,(H,18,19). The zero-order chi connectivity index (χ0) is 13.8. The molecule has 4 heteroatoms. The lowest BCUT2D eigenvalue weighted by atomic mass is 9.83. The first-order chi connectivity index (χ1) is 9.11. The van der Waals surface area contributed by atoms with Gasteiger partial charge in [-0.15, -0.1) is 0 Å². The summed E-state index contributed by atoms with van der Waals surface area (Å²) in [5, 5.41) is 3.07. The third-order valence-corrected chi connectivity index (χ3v) is 4.01. The Kier molecular flexibility index (Phi) is 4.40. The highest BCUT2D eigenvalue weighted by Gasteiger charge is 2.25. The van der Waals surface area contributed by atoms with E-state index in [9.17, 15) is 9.18 Å². The molecule has 1 saturated carbocycles. The molecule has 104 valence electrons. The highest BCUT2D eigenvalue weighted by Crippen LogP contribution is 2.27. The molecule has 1 aliphatic rings. The van der Waals surface area contributed by atoms with Gasteiger partial charge in [0.25, 0.3) is 5.91 Å². The Hall–Kier alpha value is -1.58. The first-order valence-corrected chi connectivity index (χ1v) is 6.97. The maximum atomic E-state index is 13.1. The van der Waals surface area contributed by atoms with Gasteiger partial charge in [0.05, 0.1) is 5.69 Å². The Labute approximate surface area is 113 Å². The quantitative estimate of drug-likeness (QED) is 0.824. The van der Waals surface area contributed by atoms with Crippen LogP contribution < -0.4 is 11.1 Å². The molecule has 2 unspecified atom stereocenters. The average Bonchev–Trinajstić information content (AvgIpc) is 2.42. The van der Waals surface area contributed by atoms with Crippen molar-refractivity contribution in [2.75, 3.05) is 5.73 Å². The topological polar surface area (TPSA) is 55.1 Å². The van der Waals surface area contributed by atoms with Crippen LogP contribution in [0.5, 0.6) is 0 Å². The van der Waals surface area contributed by atoms with E-state index in [1.165, 1.54) is 31.0 Å². The van der Waals surface area contributed by atoms with E-state index >= 15 is 0 Å². The molecule has 2 atom stereocenters. The van der Waals surface area contributed by atoms with Crippen LogP contribution >= 0.6 is 0 Å². The van der Waals surface area contributed by atoms with E-state index in [-0.39, 0.29) is 17.6 Å². The molecule has 1 aliphatic carbocycles. The molecule has 0 heterocycles. The molecule has 0 aliphatic heterocycles. The van der Waals surface area contributed by atoms with E-state index in [0.29, 0.717) is 11.5 Å². The highest BCUT2D eigenvalue weighted by molar-refractivity contribution is 5.95. The summed E-state index contributed by atoms with van der Waals surface area (Å²) < 4.78 is 13.1. The number of hydrogen-bond acceptors (Lipinski definition) is 2. The monoisotopic (exact) mass is 264 g/mol. The molecule has 1 aromatic carbocycles. The zero-order valence-electron chi connectivity index (χ0n) is 11.3. The summed E-state index contributed by atoms with van der Waals surface area (Å²) in [4.78, 5) is 12.1. The van der Waals surface area contributed by atoms with Crippen molar-refractivity contribution in [2.45, 2.75) is 45.1 Å². The molecule has 19 heavy (non-hydrogen) atoms. The van der Waals surface area contributed by atoms with Crippen LogP contribution in [-0.4, -0.2) is 11.9 Å². The molecule has 3 N–H and O–H groups in total. The Morgan fingerprint density at radius 3 is 2.84 bits per heavy atom. The Balaban J connectivity index is 2.05. The SMILES string of the molecule is CCC1CCCCC1NC(=O)c1ccc(F)c(N)c1. The molecular weight excluding hydrogens is 243 g/mol. The van der Waals surface area contributed by atoms with Crippen LogP contribution in [0.3, 0.4) is 0 Å². The van der Waals surface area contributed by atoms with E-state index in [2.05, 4.69) is 12.2 Å². The van der Waals surface area contributed by atoms with Gasteiger partial charge in [0.1, 0.15) is 5.82 Å². The predicted molar refractivity (Wildman–Crippen MR) is 74.3 cm³/mol. The molecule has 1 amide bonds. The number of amides is 1. The minimum Gasteiger partial charge on any atom is -0.396 e. The van der Waals surface area contributed by atoms with Crippen LogP contribution in [0.4, 0.5) is 10.1 Å². The van der Waals surface area contributed by atoms with Gasteiger partial charge in [0, 0.05) is 11.6 Å². The summed E-state index contributed by atoms with van der Waals surface area (Å²) >= 11 is 0. The predicted octanol–water partition coefficient (Wildman–Crippen LogP) is 3.11. The second kappa shape index (κ2) is 6.04. The first-order valence-electron chi connectivity index (χ1n) is 6.97. The number of nitrogen functional groups attached to an aromatic ring is 1. The summed E-state index contributed by atoms with van der Waals surface area (Å²) in [7, 11) is 0. The van der Waals surface area contributed by atoms with E-state index in [4.69, 9.17) is 5.73 Å². The van der Waals surface area contributed by atoms with Crippen LogP contribution in [-0.2, 0) is 0 Å². The molecular formula is C15H21FN2O. The largest absolute Gasteiger partial charge is 0.396 e. The maximum Gasteiger partial charge on any atom is 0.251 e. The van der Waals surface area contributed by atoms with E-state index in [0.717, 1.165) is 19.3 Å². The average molecular weight is 264 g/mol. The van der Waals surface area contributed by atoms with Crippen LogP contribution in [0.25, 0.3) is 0 Å².